The molecule has 0 amide bonds. The second-order valence-corrected chi connectivity index (χ2v) is 30.5. The van der Waals surface area contributed by atoms with Crippen LogP contribution in [-0.4, -0.2) is 36.2 Å². The Kier molecular flexibility index (Phi) is 9.11. The van der Waals surface area contributed by atoms with Gasteiger partial charge in [-0.25, -0.2) is 0 Å². The zero-order valence-corrected chi connectivity index (χ0v) is 31.4. The number of para-hydroxylation sites is 1. The molecule has 0 saturated carbocycles. The minimum Gasteiger partial charge on any atom is -0.541 e. The number of ether oxygens (including phenoxy) is 1. The maximum atomic E-state index is 11.3. The minimum absolute atomic E-state index is 0.0133. The lowest BCUT2D eigenvalue weighted by atomic mass is 9.94. The monoisotopic (exact) mass is 616 g/mol. The first-order valence-electron chi connectivity index (χ1n) is 15.0. The van der Waals surface area contributed by atoms with Gasteiger partial charge in [-0.15, -0.1) is 0 Å². The second-order valence-electron chi connectivity index (χ2n) is 16.4. The molecular formula is C33H56O5Si3. The predicted molar refractivity (Wildman–Crippen MR) is 179 cm³/mol. The van der Waals surface area contributed by atoms with Crippen molar-refractivity contribution in [1.82, 2.24) is 0 Å². The number of rotatable bonds is 7. The Labute approximate surface area is 253 Å². The first-order valence-corrected chi connectivity index (χ1v) is 23.8. The van der Waals surface area contributed by atoms with Crippen LogP contribution in [0.4, 0.5) is 0 Å². The van der Waals surface area contributed by atoms with E-state index in [0.717, 1.165) is 16.9 Å². The van der Waals surface area contributed by atoms with E-state index in [9.17, 15) is 5.11 Å². The summed E-state index contributed by atoms with van der Waals surface area (Å²) >= 11 is 0. The molecule has 2 aromatic rings. The van der Waals surface area contributed by atoms with Crippen LogP contribution in [0.1, 0.15) is 79.5 Å². The predicted octanol–water partition coefficient (Wildman–Crippen LogP) is 9.88. The number of fused-ring (bicyclic) bond motifs is 1. The molecule has 1 aliphatic rings. The van der Waals surface area contributed by atoms with Crippen LogP contribution in [0.5, 0.6) is 23.0 Å². The molecule has 0 saturated heterocycles. The number of aliphatic hydroxyl groups excluding tert-OH is 1. The topological polar surface area (TPSA) is 57.2 Å². The second kappa shape index (κ2) is 11.1. The average molecular weight is 617 g/mol. The molecule has 5 nitrogen and oxygen atoms in total. The number of hydrogen-bond donors (Lipinski definition) is 1. The van der Waals surface area contributed by atoms with Crippen molar-refractivity contribution in [3.05, 3.63) is 47.5 Å². The van der Waals surface area contributed by atoms with E-state index in [1.165, 1.54) is 0 Å². The van der Waals surface area contributed by atoms with E-state index in [0.29, 0.717) is 23.7 Å². The lowest BCUT2D eigenvalue weighted by molar-refractivity contribution is 0.0207. The smallest absolute Gasteiger partial charge is 0.250 e. The third-order valence-electron chi connectivity index (χ3n) is 9.88. The Balaban J connectivity index is 2.30. The zero-order valence-electron chi connectivity index (χ0n) is 28.4. The van der Waals surface area contributed by atoms with E-state index in [1.54, 1.807) is 0 Å². The van der Waals surface area contributed by atoms with Crippen molar-refractivity contribution in [2.45, 2.75) is 135 Å². The number of aliphatic hydroxyl groups is 1. The lowest BCUT2D eigenvalue weighted by Crippen LogP contribution is -2.47. The molecule has 0 aliphatic carbocycles. The van der Waals surface area contributed by atoms with Crippen LogP contribution in [0.3, 0.4) is 0 Å². The van der Waals surface area contributed by atoms with Gasteiger partial charge in [0.15, 0.2) is 11.9 Å². The van der Waals surface area contributed by atoms with Crippen molar-refractivity contribution in [2.24, 2.45) is 0 Å². The third kappa shape index (κ3) is 7.25. The molecule has 0 aromatic heterocycles. The van der Waals surface area contributed by atoms with Gasteiger partial charge in [-0.1, -0.05) is 80.5 Å². The highest BCUT2D eigenvalue weighted by atomic mass is 28.4. The Bertz CT molecular complexity index is 1180. The Morgan fingerprint density at radius 3 is 1.54 bits per heavy atom. The summed E-state index contributed by atoms with van der Waals surface area (Å²) in [6, 6.07) is 12.0. The molecule has 0 bridgehead atoms. The van der Waals surface area contributed by atoms with Crippen LogP contribution in [0.2, 0.25) is 54.4 Å². The van der Waals surface area contributed by atoms with Gasteiger partial charge in [0, 0.05) is 12.0 Å². The van der Waals surface area contributed by atoms with Gasteiger partial charge in [0.05, 0.1) is 6.10 Å². The summed E-state index contributed by atoms with van der Waals surface area (Å²) in [5, 5.41) is 11.3. The first-order chi connectivity index (χ1) is 18.4. The summed E-state index contributed by atoms with van der Waals surface area (Å²) in [4.78, 5) is 0. The van der Waals surface area contributed by atoms with Gasteiger partial charge in [0.1, 0.15) is 17.2 Å². The van der Waals surface area contributed by atoms with E-state index < -0.39 is 37.2 Å². The maximum absolute atomic E-state index is 11.3. The van der Waals surface area contributed by atoms with Gasteiger partial charge in [-0.2, -0.15) is 0 Å². The highest BCUT2D eigenvalue weighted by molar-refractivity contribution is 6.76. The summed E-state index contributed by atoms with van der Waals surface area (Å²) in [5.41, 5.74) is 1.86. The molecule has 0 radical (unpaired) electrons. The fraction of sp³-hybridized carbons (Fsp3) is 0.636. The lowest BCUT2D eigenvalue weighted by Gasteiger charge is -2.42. The summed E-state index contributed by atoms with van der Waals surface area (Å²) in [7, 11) is -6.83. The Morgan fingerprint density at radius 2 is 1.10 bits per heavy atom. The van der Waals surface area contributed by atoms with Gasteiger partial charge in [-0.05, 0) is 78.2 Å². The molecule has 8 heteroatoms. The minimum atomic E-state index is -2.28. The SMILES string of the molecule is CC(C)(C)[Si](C)(C)Oc1cc([C@@H]2Oc3ccccc3C[C@H]2O)cc(O[Si](C)(C)C(C)(C)C)c1O[Si](C)(C)C(C)(C)C. The highest BCUT2D eigenvalue weighted by Gasteiger charge is 2.45. The van der Waals surface area contributed by atoms with Crippen molar-refractivity contribution >= 4 is 25.0 Å². The standard InChI is InChI=1S/C33H56O5Si3/c1-31(2,3)39(10,11)36-27-21-24(29-25(34)20-23-18-16-17-19-26(23)35-29)22-28(37-40(12,13)32(4,5)6)30(27)38-41(14,15)33(7,8)9/h16-19,21-22,25,29,34H,20H2,1-15H3/t25-,29+/m1/s1. The average Bonchev–Trinajstić information content (AvgIpc) is 2.77. The van der Waals surface area contributed by atoms with Crippen molar-refractivity contribution < 1.29 is 23.1 Å². The van der Waals surface area contributed by atoms with Crippen LogP contribution in [0, 0.1) is 0 Å². The summed E-state index contributed by atoms with van der Waals surface area (Å²) in [5.74, 6) is 2.90. The molecule has 0 unspecified atom stereocenters. The van der Waals surface area contributed by atoms with Crippen LogP contribution in [-0.2, 0) is 6.42 Å². The highest BCUT2D eigenvalue weighted by Crippen LogP contribution is 2.51. The van der Waals surface area contributed by atoms with E-state index in [-0.39, 0.29) is 15.1 Å². The largest absolute Gasteiger partial charge is 0.541 e. The zero-order chi connectivity index (χ0) is 31.4. The molecular weight excluding hydrogens is 561 g/mol. The molecule has 3 rings (SSSR count). The molecule has 1 N–H and O–H groups in total. The van der Waals surface area contributed by atoms with Gasteiger partial charge in [0.2, 0.25) is 0 Å². The first kappa shape index (κ1) is 33.7. The normalized spacial score (nSPS) is 18.8. The fourth-order valence-corrected chi connectivity index (χ4v) is 6.94. The van der Waals surface area contributed by atoms with E-state index in [1.807, 2.05) is 36.4 Å². The Hall–Kier alpha value is -1.75. The molecule has 0 fully saturated rings. The Morgan fingerprint density at radius 1 is 0.683 bits per heavy atom. The molecule has 2 aromatic carbocycles. The van der Waals surface area contributed by atoms with Gasteiger partial charge >= 0.3 is 0 Å². The summed E-state index contributed by atoms with van der Waals surface area (Å²) in [6.45, 7) is 33.8. The molecule has 1 aliphatic heterocycles. The number of benzene rings is 2. The van der Waals surface area contributed by atoms with E-state index in [4.69, 9.17) is 18.0 Å². The summed E-state index contributed by atoms with van der Waals surface area (Å²) < 4.78 is 27.7. The molecule has 0 spiro atoms. The van der Waals surface area contributed by atoms with E-state index >= 15 is 0 Å². The van der Waals surface area contributed by atoms with Crippen molar-refractivity contribution in [1.29, 1.82) is 0 Å². The fourth-order valence-electron chi connectivity index (χ4n) is 3.90. The molecule has 1 heterocycles. The maximum Gasteiger partial charge on any atom is 0.250 e. The van der Waals surface area contributed by atoms with E-state index in [2.05, 4.69) is 102 Å². The van der Waals surface area contributed by atoms with Gasteiger partial charge < -0.3 is 23.1 Å². The number of hydrogen-bond acceptors (Lipinski definition) is 5. The van der Waals surface area contributed by atoms with Crippen molar-refractivity contribution in [3.8, 4) is 23.0 Å². The summed E-state index contributed by atoms with van der Waals surface area (Å²) in [6.07, 6.45) is -0.714. The molecule has 230 valence electrons. The molecule has 2 atom stereocenters. The van der Waals surface area contributed by atoms with Crippen LogP contribution >= 0.6 is 0 Å². The quantitative estimate of drug-likeness (QED) is 0.314. The van der Waals surface area contributed by atoms with Crippen LogP contribution in [0.25, 0.3) is 0 Å². The van der Waals surface area contributed by atoms with Gasteiger partial charge in [0.25, 0.3) is 25.0 Å². The third-order valence-corrected chi connectivity index (χ3v) is 22.9. The van der Waals surface area contributed by atoms with Crippen molar-refractivity contribution in [3.63, 3.8) is 0 Å². The van der Waals surface area contributed by atoms with Crippen molar-refractivity contribution in [2.75, 3.05) is 0 Å². The molecule has 41 heavy (non-hydrogen) atoms. The van der Waals surface area contributed by atoms with Gasteiger partial charge in [-0.3, -0.25) is 0 Å². The van der Waals surface area contributed by atoms with Crippen LogP contribution in [0.15, 0.2) is 36.4 Å². The van der Waals surface area contributed by atoms with Crippen LogP contribution < -0.4 is 18.0 Å².